The molecule has 1 fully saturated rings. The minimum absolute atomic E-state index is 0.0748. The van der Waals surface area contributed by atoms with Crippen molar-refractivity contribution in [2.24, 2.45) is 11.8 Å². The number of carbonyl (C=O) groups excluding carboxylic acids is 1. The molecule has 19 heavy (non-hydrogen) atoms. The summed E-state index contributed by atoms with van der Waals surface area (Å²) in [5.74, 6) is 1.33. The number of hydrogen-bond acceptors (Lipinski definition) is 5. The Hall–Kier alpha value is -1.27. The second-order valence-corrected chi connectivity index (χ2v) is 5.43. The predicted octanol–water partition coefficient (Wildman–Crippen LogP) is 0.280. The first-order chi connectivity index (χ1) is 9.11. The molecule has 1 aromatic heterocycles. The van der Waals surface area contributed by atoms with Gasteiger partial charge in [0.05, 0.1) is 25.6 Å². The van der Waals surface area contributed by atoms with Crippen molar-refractivity contribution in [3.05, 3.63) is 12.2 Å². The van der Waals surface area contributed by atoms with Gasteiger partial charge in [-0.05, 0) is 13.0 Å². The molecule has 0 radical (unpaired) electrons. The van der Waals surface area contributed by atoms with Crippen LogP contribution >= 0.6 is 0 Å². The lowest BCUT2D eigenvalue weighted by Crippen LogP contribution is -2.38. The van der Waals surface area contributed by atoms with E-state index in [2.05, 4.69) is 29.2 Å². The lowest BCUT2D eigenvalue weighted by molar-refractivity contribution is -0.122. The van der Waals surface area contributed by atoms with Crippen LogP contribution in [0.15, 0.2) is 6.33 Å². The van der Waals surface area contributed by atoms with Gasteiger partial charge in [-0.25, -0.2) is 9.67 Å². The van der Waals surface area contributed by atoms with Gasteiger partial charge in [0.2, 0.25) is 0 Å². The van der Waals surface area contributed by atoms with Gasteiger partial charge in [-0.2, -0.15) is 5.10 Å². The van der Waals surface area contributed by atoms with Gasteiger partial charge in [0.1, 0.15) is 17.9 Å². The van der Waals surface area contributed by atoms with E-state index < -0.39 is 0 Å². The molecule has 6 nitrogen and oxygen atoms in total. The fourth-order valence-electron chi connectivity index (χ4n) is 2.37. The zero-order valence-corrected chi connectivity index (χ0v) is 11.8. The summed E-state index contributed by atoms with van der Waals surface area (Å²) in [5.41, 5.74) is 0. The molecule has 6 heteroatoms. The predicted molar refractivity (Wildman–Crippen MR) is 70.7 cm³/mol. The molecule has 2 heterocycles. The largest absolute Gasteiger partial charge is 0.379 e. The van der Waals surface area contributed by atoms with Crippen LogP contribution in [0, 0.1) is 11.8 Å². The zero-order chi connectivity index (χ0) is 13.8. The van der Waals surface area contributed by atoms with E-state index in [0.29, 0.717) is 25.6 Å². The summed E-state index contributed by atoms with van der Waals surface area (Å²) in [6.45, 7) is 6.14. The van der Waals surface area contributed by atoms with Gasteiger partial charge < -0.3 is 10.1 Å². The molecule has 1 aliphatic rings. The maximum atomic E-state index is 12.3. The number of Topliss-reactive ketones (excluding diaryl/α,β-unsaturated/α-hetero) is 1. The highest BCUT2D eigenvalue weighted by Gasteiger charge is 2.33. The van der Waals surface area contributed by atoms with Crippen LogP contribution in [-0.2, 0) is 22.5 Å². The molecule has 1 N–H and O–H groups in total. The Labute approximate surface area is 113 Å². The molecule has 0 saturated carbocycles. The van der Waals surface area contributed by atoms with E-state index in [9.17, 15) is 4.79 Å². The van der Waals surface area contributed by atoms with Crippen molar-refractivity contribution in [2.45, 2.75) is 32.9 Å². The van der Waals surface area contributed by atoms with E-state index in [1.165, 1.54) is 6.33 Å². The minimum Gasteiger partial charge on any atom is -0.379 e. The molecule has 0 aliphatic carbocycles. The third kappa shape index (κ3) is 3.39. The van der Waals surface area contributed by atoms with E-state index in [0.717, 1.165) is 12.4 Å². The number of carbonyl (C=O) groups is 1. The highest BCUT2D eigenvalue weighted by molar-refractivity contribution is 5.83. The molecular weight excluding hydrogens is 244 g/mol. The number of likely N-dealkylation sites (N-methyl/N-ethyl adjacent to an activating group) is 1. The Bertz CT molecular complexity index is 430. The van der Waals surface area contributed by atoms with Gasteiger partial charge >= 0.3 is 0 Å². The van der Waals surface area contributed by atoms with E-state index >= 15 is 0 Å². The molecule has 106 valence electrons. The Balaban J connectivity index is 2.00. The first kappa shape index (κ1) is 14.1. The summed E-state index contributed by atoms with van der Waals surface area (Å²) in [7, 11) is 1.86. The fraction of sp³-hybridized carbons (Fsp3) is 0.769. The van der Waals surface area contributed by atoms with E-state index in [1.807, 2.05) is 11.7 Å². The first-order valence-corrected chi connectivity index (χ1v) is 6.76. The summed E-state index contributed by atoms with van der Waals surface area (Å²) in [5, 5.41) is 7.31. The summed E-state index contributed by atoms with van der Waals surface area (Å²) in [4.78, 5) is 16.5. The highest BCUT2D eigenvalue weighted by Crippen LogP contribution is 2.16. The smallest absolute Gasteiger partial charge is 0.147 e. The monoisotopic (exact) mass is 266 g/mol. The standard InChI is InChI=1S/C13H22N4O2/c1-9(2)5-17-13(15-8-16-17)4-12(18)10-6-19-7-11(10)14-3/h8-11,14H,4-7H2,1-3H3. The van der Waals surface area contributed by atoms with Gasteiger partial charge in [0, 0.05) is 12.6 Å². The molecule has 1 aliphatic heterocycles. The summed E-state index contributed by atoms with van der Waals surface area (Å²) >= 11 is 0. The second kappa shape index (κ2) is 6.25. The second-order valence-electron chi connectivity index (χ2n) is 5.43. The minimum atomic E-state index is -0.0748. The molecule has 2 unspecified atom stereocenters. The molecule has 0 amide bonds. The topological polar surface area (TPSA) is 69.0 Å². The number of rotatable bonds is 6. The van der Waals surface area contributed by atoms with Crippen molar-refractivity contribution in [2.75, 3.05) is 20.3 Å². The quantitative estimate of drug-likeness (QED) is 0.801. The van der Waals surface area contributed by atoms with Gasteiger partial charge in [0.25, 0.3) is 0 Å². The summed E-state index contributed by atoms with van der Waals surface area (Å²) in [6, 6.07) is 0.119. The van der Waals surface area contributed by atoms with E-state index in [1.54, 1.807) is 0 Å². The van der Waals surface area contributed by atoms with Crippen LogP contribution in [0.25, 0.3) is 0 Å². The number of ether oxygens (including phenoxy) is 1. The number of nitrogens with zero attached hydrogens (tertiary/aromatic N) is 3. The van der Waals surface area contributed by atoms with Crippen LogP contribution < -0.4 is 5.32 Å². The summed E-state index contributed by atoms with van der Waals surface area (Å²) < 4.78 is 7.20. The van der Waals surface area contributed by atoms with E-state index in [4.69, 9.17) is 4.74 Å². The molecule has 0 bridgehead atoms. The zero-order valence-electron chi connectivity index (χ0n) is 11.8. The van der Waals surface area contributed by atoms with E-state index in [-0.39, 0.29) is 17.7 Å². The van der Waals surface area contributed by atoms with Gasteiger partial charge in [-0.15, -0.1) is 0 Å². The number of aromatic nitrogens is 3. The van der Waals surface area contributed by atoms with Crippen LogP contribution in [0.1, 0.15) is 19.7 Å². The Morgan fingerprint density at radius 3 is 3.05 bits per heavy atom. The van der Waals surface area contributed by atoms with Crippen molar-refractivity contribution in [1.29, 1.82) is 0 Å². The number of hydrogen-bond donors (Lipinski definition) is 1. The molecule has 1 saturated heterocycles. The Morgan fingerprint density at radius 2 is 2.37 bits per heavy atom. The van der Waals surface area contributed by atoms with Crippen LogP contribution in [-0.4, -0.2) is 46.9 Å². The maximum Gasteiger partial charge on any atom is 0.147 e. The number of ketones is 1. The molecule has 0 aromatic carbocycles. The van der Waals surface area contributed by atoms with Crippen molar-refractivity contribution < 1.29 is 9.53 Å². The first-order valence-electron chi connectivity index (χ1n) is 6.76. The average Bonchev–Trinajstić information content (AvgIpc) is 2.97. The van der Waals surface area contributed by atoms with Gasteiger partial charge in [-0.1, -0.05) is 13.8 Å². The average molecular weight is 266 g/mol. The maximum absolute atomic E-state index is 12.3. The van der Waals surface area contributed by atoms with Crippen LogP contribution in [0.4, 0.5) is 0 Å². The Morgan fingerprint density at radius 1 is 1.58 bits per heavy atom. The molecule has 2 rings (SSSR count). The SMILES string of the molecule is CNC1COCC1C(=O)Cc1ncnn1CC(C)C. The third-order valence-electron chi connectivity index (χ3n) is 3.43. The molecule has 0 spiro atoms. The molecule has 2 atom stereocenters. The van der Waals surface area contributed by atoms with Crippen molar-refractivity contribution >= 4 is 5.78 Å². The lowest BCUT2D eigenvalue weighted by atomic mass is 9.96. The number of nitrogens with one attached hydrogen (secondary N) is 1. The van der Waals surface area contributed by atoms with Crippen LogP contribution in [0.2, 0.25) is 0 Å². The van der Waals surface area contributed by atoms with Crippen molar-refractivity contribution in [3.63, 3.8) is 0 Å². The van der Waals surface area contributed by atoms with Gasteiger partial charge in [-0.3, -0.25) is 4.79 Å². The lowest BCUT2D eigenvalue weighted by Gasteiger charge is -2.15. The van der Waals surface area contributed by atoms with Crippen molar-refractivity contribution in [1.82, 2.24) is 20.1 Å². The molecular formula is C13H22N4O2. The highest BCUT2D eigenvalue weighted by atomic mass is 16.5. The van der Waals surface area contributed by atoms with Crippen LogP contribution in [0.5, 0.6) is 0 Å². The fourth-order valence-corrected chi connectivity index (χ4v) is 2.37. The third-order valence-corrected chi connectivity index (χ3v) is 3.43. The Kier molecular flexibility index (Phi) is 4.66. The normalized spacial score (nSPS) is 23.2. The van der Waals surface area contributed by atoms with Crippen molar-refractivity contribution in [3.8, 4) is 0 Å². The van der Waals surface area contributed by atoms with Crippen LogP contribution in [0.3, 0.4) is 0 Å². The molecule has 1 aromatic rings. The van der Waals surface area contributed by atoms with Gasteiger partial charge in [0.15, 0.2) is 0 Å². The summed E-state index contributed by atoms with van der Waals surface area (Å²) in [6.07, 6.45) is 1.85.